The van der Waals surface area contributed by atoms with Crippen LogP contribution in [0.5, 0.6) is 0 Å². The topological polar surface area (TPSA) is 56.8 Å². The van der Waals surface area contributed by atoms with Gasteiger partial charge in [0.25, 0.3) is 0 Å². The van der Waals surface area contributed by atoms with Crippen LogP contribution in [0.2, 0.25) is 0 Å². The van der Waals surface area contributed by atoms with Crippen molar-refractivity contribution in [3.8, 4) is 0 Å². The number of hydrogen-bond acceptors (Lipinski definition) is 5. The minimum Gasteiger partial charge on any atom is -0.379 e. The first-order chi connectivity index (χ1) is 9.77. The van der Waals surface area contributed by atoms with Crippen molar-refractivity contribution < 1.29 is 19.0 Å². The summed E-state index contributed by atoms with van der Waals surface area (Å²) in [5.74, 6) is 0.152. The molecule has 0 saturated heterocycles. The predicted molar refractivity (Wildman–Crippen MR) is 84.4 cm³/mol. The highest BCUT2D eigenvalue weighted by molar-refractivity contribution is 5.75. The van der Waals surface area contributed by atoms with Crippen LogP contribution in [0.3, 0.4) is 0 Å². The summed E-state index contributed by atoms with van der Waals surface area (Å²) < 4.78 is 15.7. The number of carbonyl (C=O) groups is 1. The number of rotatable bonds is 12. The molecule has 0 unspecified atom stereocenters. The minimum absolute atomic E-state index is 0.152. The van der Waals surface area contributed by atoms with E-state index >= 15 is 0 Å². The molecule has 5 heteroatoms. The molecular formula is C15H35NO4. The maximum absolute atomic E-state index is 10.6. The molecule has 0 spiro atoms. The normalized spacial score (nSPS) is 9.10. The Labute approximate surface area is 125 Å². The molecule has 0 aliphatic carbocycles. The highest BCUT2D eigenvalue weighted by atomic mass is 16.5. The lowest BCUT2D eigenvalue weighted by molar-refractivity contribution is -0.118. The molecule has 124 valence electrons. The van der Waals surface area contributed by atoms with Gasteiger partial charge in [0.05, 0.1) is 39.6 Å². The van der Waals surface area contributed by atoms with Gasteiger partial charge in [-0.2, -0.15) is 0 Å². The lowest BCUT2D eigenvalue weighted by Gasteiger charge is -2.06. The van der Waals surface area contributed by atoms with Gasteiger partial charge in [-0.05, 0) is 14.0 Å². The fourth-order valence-electron chi connectivity index (χ4n) is 0.932. The van der Waals surface area contributed by atoms with Crippen LogP contribution in [-0.2, 0) is 19.0 Å². The smallest absolute Gasteiger partial charge is 0.132 e. The highest BCUT2D eigenvalue weighted by Crippen LogP contribution is 1.85. The average Bonchev–Trinajstić information content (AvgIpc) is 2.48. The molecule has 0 heterocycles. The Morgan fingerprint density at radius 2 is 1.20 bits per heavy atom. The van der Waals surface area contributed by atoms with Gasteiger partial charge in [-0.3, -0.25) is 4.79 Å². The van der Waals surface area contributed by atoms with Gasteiger partial charge in [-0.1, -0.05) is 27.7 Å². The molecule has 5 nitrogen and oxygen atoms in total. The number of hydrogen-bond donors (Lipinski definition) is 1. The molecule has 20 heavy (non-hydrogen) atoms. The van der Waals surface area contributed by atoms with Crippen LogP contribution in [0.15, 0.2) is 0 Å². The largest absolute Gasteiger partial charge is 0.379 e. The Kier molecular flexibility index (Phi) is 33.1. The quantitative estimate of drug-likeness (QED) is 0.560. The summed E-state index contributed by atoms with van der Waals surface area (Å²) in [5, 5.41) is 2.99. The van der Waals surface area contributed by atoms with Crippen molar-refractivity contribution >= 4 is 5.78 Å². The summed E-state index contributed by atoms with van der Waals surface area (Å²) in [6.45, 7) is 13.9. The Morgan fingerprint density at radius 1 is 0.800 bits per heavy atom. The molecule has 0 radical (unpaired) electrons. The van der Waals surface area contributed by atoms with Crippen LogP contribution in [0.1, 0.15) is 41.0 Å². The van der Waals surface area contributed by atoms with Crippen LogP contribution >= 0.6 is 0 Å². The third-order valence-electron chi connectivity index (χ3n) is 1.84. The number of carbonyl (C=O) groups excluding carboxylic acids is 1. The molecule has 0 aromatic carbocycles. The fourth-order valence-corrected chi connectivity index (χ4v) is 0.932. The van der Waals surface area contributed by atoms with Crippen LogP contribution in [0.4, 0.5) is 0 Å². The molecule has 0 atom stereocenters. The molecule has 1 N–H and O–H groups in total. The van der Waals surface area contributed by atoms with E-state index < -0.39 is 0 Å². The van der Waals surface area contributed by atoms with Crippen LogP contribution in [0, 0.1) is 0 Å². The standard InChI is InChI=1S/C11H23NO4.2C2H6/c1-11(13)3-5-14-7-9-16-10-8-15-6-4-12-2;2*1-2/h12H,3-10H2,1-2H3;2*1-2H3. The van der Waals surface area contributed by atoms with E-state index in [-0.39, 0.29) is 5.78 Å². The van der Waals surface area contributed by atoms with E-state index in [1.54, 1.807) is 6.92 Å². The number of nitrogens with one attached hydrogen (secondary N) is 1. The summed E-state index contributed by atoms with van der Waals surface area (Å²) in [7, 11) is 1.89. The van der Waals surface area contributed by atoms with E-state index in [1.165, 1.54) is 0 Å². The van der Waals surface area contributed by atoms with Gasteiger partial charge < -0.3 is 19.5 Å². The van der Waals surface area contributed by atoms with E-state index in [9.17, 15) is 4.79 Å². The Bertz CT molecular complexity index is 166. The molecule has 0 aliphatic heterocycles. The Balaban J connectivity index is -0.000000656. The van der Waals surface area contributed by atoms with Crippen molar-refractivity contribution in [3.05, 3.63) is 0 Å². The van der Waals surface area contributed by atoms with E-state index in [0.717, 1.165) is 6.54 Å². The first-order valence-corrected chi connectivity index (χ1v) is 7.64. The number of likely N-dealkylation sites (N-methyl/N-ethyl adjacent to an activating group) is 1. The van der Waals surface area contributed by atoms with Gasteiger partial charge in [-0.25, -0.2) is 0 Å². The lowest BCUT2D eigenvalue weighted by Crippen LogP contribution is -2.16. The second-order valence-corrected chi connectivity index (χ2v) is 3.39. The minimum atomic E-state index is 0.152. The fraction of sp³-hybridized carbons (Fsp3) is 0.933. The van der Waals surface area contributed by atoms with Crippen molar-refractivity contribution in [1.29, 1.82) is 0 Å². The molecular weight excluding hydrogens is 258 g/mol. The number of Topliss-reactive ketones (excluding diaryl/α,β-unsaturated/α-hetero) is 1. The summed E-state index contributed by atoms with van der Waals surface area (Å²) >= 11 is 0. The molecule has 0 rings (SSSR count). The van der Waals surface area contributed by atoms with E-state index in [0.29, 0.717) is 46.1 Å². The third-order valence-corrected chi connectivity index (χ3v) is 1.84. The molecule has 0 fully saturated rings. The van der Waals surface area contributed by atoms with Crippen LogP contribution in [0.25, 0.3) is 0 Å². The van der Waals surface area contributed by atoms with Crippen molar-refractivity contribution in [1.82, 2.24) is 5.32 Å². The second kappa shape index (κ2) is 27.0. The van der Waals surface area contributed by atoms with Gasteiger partial charge in [-0.15, -0.1) is 0 Å². The van der Waals surface area contributed by atoms with Crippen LogP contribution < -0.4 is 5.32 Å². The molecule has 0 amide bonds. The monoisotopic (exact) mass is 293 g/mol. The molecule has 0 bridgehead atoms. The first kappa shape index (κ1) is 24.5. The summed E-state index contributed by atoms with van der Waals surface area (Å²) in [6, 6.07) is 0. The van der Waals surface area contributed by atoms with Crippen molar-refractivity contribution in [2.45, 2.75) is 41.0 Å². The first-order valence-electron chi connectivity index (χ1n) is 7.64. The summed E-state index contributed by atoms with van der Waals surface area (Å²) in [6.07, 6.45) is 0.479. The molecule has 0 aliphatic rings. The van der Waals surface area contributed by atoms with E-state index in [2.05, 4.69) is 5.32 Å². The summed E-state index contributed by atoms with van der Waals surface area (Å²) in [4.78, 5) is 10.6. The maximum Gasteiger partial charge on any atom is 0.132 e. The Hall–Kier alpha value is -0.490. The van der Waals surface area contributed by atoms with Gasteiger partial charge >= 0.3 is 0 Å². The van der Waals surface area contributed by atoms with Crippen molar-refractivity contribution in [2.75, 3.05) is 53.2 Å². The third kappa shape index (κ3) is 30.5. The molecule has 0 saturated carbocycles. The van der Waals surface area contributed by atoms with Gasteiger partial charge in [0.1, 0.15) is 5.78 Å². The second-order valence-electron chi connectivity index (χ2n) is 3.39. The number of ether oxygens (including phenoxy) is 3. The molecule has 0 aromatic heterocycles. The lowest BCUT2D eigenvalue weighted by atomic mass is 10.3. The zero-order valence-corrected chi connectivity index (χ0v) is 14.3. The summed E-state index contributed by atoms with van der Waals surface area (Å²) in [5.41, 5.74) is 0. The Morgan fingerprint density at radius 3 is 1.60 bits per heavy atom. The van der Waals surface area contributed by atoms with Crippen molar-refractivity contribution in [3.63, 3.8) is 0 Å². The van der Waals surface area contributed by atoms with Crippen molar-refractivity contribution in [2.24, 2.45) is 0 Å². The van der Waals surface area contributed by atoms with E-state index in [4.69, 9.17) is 14.2 Å². The van der Waals surface area contributed by atoms with Gasteiger partial charge in [0.2, 0.25) is 0 Å². The van der Waals surface area contributed by atoms with E-state index in [1.807, 2.05) is 34.7 Å². The maximum atomic E-state index is 10.6. The predicted octanol–water partition coefficient (Wildman–Crippen LogP) is 2.29. The SMILES string of the molecule is CC.CC.CNCCOCCOCCOCCC(C)=O. The van der Waals surface area contributed by atoms with Crippen LogP contribution in [-0.4, -0.2) is 59.0 Å². The zero-order valence-electron chi connectivity index (χ0n) is 14.3. The zero-order chi connectivity index (χ0) is 16.1. The highest BCUT2D eigenvalue weighted by Gasteiger charge is 1.94. The number of ketones is 1. The molecule has 0 aromatic rings. The van der Waals surface area contributed by atoms with Gasteiger partial charge in [0.15, 0.2) is 0 Å². The average molecular weight is 293 g/mol. The van der Waals surface area contributed by atoms with Gasteiger partial charge in [0, 0.05) is 13.0 Å².